The number of hydrogen-bond acceptors (Lipinski definition) is 3. The van der Waals surface area contributed by atoms with Gasteiger partial charge < -0.3 is 4.74 Å². The van der Waals surface area contributed by atoms with Crippen LogP contribution in [0.1, 0.15) is 5.56 Å². The van der Waals surface area contributed by atoms with Gasteiger partial charge in [-0.05, 0) is 31.2 Å². The molecule has 0 aliphatic heterocycles. The molecule has 0 bridgehead atoms. The highest BCUT2D eigenvalue weighted by atomic mass is 32.2. The van der Waals surface area contributed by atoms with Gasteiger partial charge in [0.25, 0.3) is 0 Å². The molecular formula is C16H16N2OS. The first kappa shape index (κ1) is 13.1. The topological polar surface area (TPSA) is 26.5 Å². The molecule has 2 heterocycles. The molecule has 0 amide bonds. The van der Waals surface area contributed by atoms with Crippen molar-refractivity contribution in [3.63, 3.8) is 0 Å². The Hall–Kier alpha value is -1.94. The molecule has 0 aliphatic rings. The number of imidazole rings is 1. The van der Waals surface area contributed by atoms with E-state index in [0.717, 1.165) is 22.2 Å². The van der Waals surface area contributed by atoms with Crippen molar-refractivity contribution in [2.24, 2.45) is 0 Å². The van der Waals surface area contributed by atoms with Crippen molar-refractivity contribution in [3.05, 3.63) is 60.4 Å². The lowest BCUT2D eigenvalue weighted by atomic mass is 10.2. The second-order valence-electron chi connectivity index (χ2n) is 4.55. The zero-order valence-corrected chi connectivity index (χ0v) is 12.1. The number of pyridine rings is 1. The summed E-state index contributed by atoms with van der Waals surface area (Å²) in [6.07, 6.45) is 3.93. The lowest BCUT2D eigenvalue weighted by Crippen LogP contribution is -2.00. The second kappa shape index (κ2) is 6.01. The average Bonchev–Trinajstić information content (AvgIpc) is 2.89. The summed E-state index contributed by atoms with van der Waals surface area (Å²) in [5.41, 5.74) is 2.37. The quantitative estimate of drug-likeness (QED) is 0.526. The van der Waals surface area contributed by atoms with Crippen LogP contribution in [-0.4, -0.2) is 21.7 Å². The Morgan fingerprint density at radius 2 is 2.00 bits per heavy atom. The monoisotopic (exact) mass is 284 g/mol. The summed E-state index contributed by atoms with van der Waals surface area (Å²) in [7, 11) is 0. The number of aromatic nitrogens is 2. The van der Waals surface area contributed by atoms with Gasteiger partial charge in [-0.3, -0.25) is 4.40 Å². The molecule has 102 valence electrons. The molecule has 3 aromatic rings. The number of fused-ring (bicyclic) bond motifs is 1. The standard InChI is InChI=1S/C16H16N2OS/c1-13-5-7-15(8-6-13)19-10-11-20-16-17-12-14-4-2-3-9-18(14)16/h2-9,12H,10-11H2,1H3. The molecule has 0 saturated carbocycles. The van der Waals surface area contributed by atoms with Crippen LogP contribution in [0, 0.1) is 6.92 Å². The van der Waals surface area contributed by atoms with Crippen molar-refractivity contribution >= 4 is 17.3 Å². The Bertz CT molecular complexity index is 691. The van der Waals surface area contributed by atoms with E-state index in [0.29, 0.717) is 6.61 Å². The maximum atomic E-state index is 5.71. The lowest BCUT2D eigenvalue weighted by molar-refractivity contribution is 0.344. The van der Waals surface area contributed by atoms with Gasteiger partial charge in [0.05, 0.1) is 18.3 Å². The molecule has 2 aromatic heterocycles. The molecule has 0 atom stereocenters. The van der Waals surface area contributed by atoms with E-state index in [-0.39, 0.29) is 0 Å². The zero-order chi connectivity index (χ0) is 13.8. The van der Waals surface area contributed by atoms with E-state index in [4.69, 9.17) is 4.74 Å². The van der Waals surface area contributed by atoms with Crippen molar-refractivity contribution in [1.29, 1.82) is 0 Å². The molecule has 4 heteroatoms. The van der Waals surface area contributed by atoms with Crippen LogP contribution in [0.2, 0.25) is 0 Å². The fraction of sp³-hybridized carbons (Fsp3) is 0.188. The molecule has 0 fully saturated rings. The zero-order valence-electron chi connectivity index (χ0n) is 11.3. The summed E-state index contributed by atoms with van der Waals surface area (Å²) < 4.78 is 7.81. The summed E-state index contributed by atoms with van der Waals surface area (Å²) in [4.78, 5) is 4.42. The number of benzene rings is 1. The van der Waals surface area contributed by atoms with Crippen LogP contribution >= 0.6 is 11.8 Å². The van der Waals surface area contributed by atoms with Gasteiger partial charge in [0.15, 0.2) is 5.16 Å². The number of rotatable bonds is 5. The summed E-state index contributed by atoms with van der Waals surface area (Å²) >= 11 is 1.71. The molecule has 0 radical (unpaired) electrons. The van der Waals surface area contributed by atoms with Crippen LogP contribution in [-0.2, 0) is 0 Å². The van der Waals surface area contributed by atoms with Gasteiger partial charge in [0.1, 0.15) is 5.75 Å². The maximum absolute atomic E-state index is 5.71. The minimum absolute atomic E-state index is 0.676. The molecule has 0 unspecified atom stereocenters. The largest absolute Gasteiger partial charge is 0.493 e. The fourth-order valence-electron chi connectivity index (χ4n) is 1.95. The van der Waals surface area contributed by atoms with E-state index in [1.807, 2.05) is 36.7 Å². The number of hydrogen-bond donors (Lipinski definition) is 0. The number of ether oxygens (including phenoxy) is 1. The number of aryl methyl sites for hydroxylation is 1. The van der Waals surface area contributed by atoms with Crippen LogP contribution in [0.5, 0.6) is 5.75 Å². The first-order valence-corrected chi connectivity index (χ1v) is 7.56. The Morgan fingerprint density at radius 3 is 2.85 bits per heavy atom. The summed E-state index contributed by atoms with van der Waals surface area (Å²) in [5.74, 6) is 1.80. The summed E-state index contributed by atoms with van der Waals surface area (Å²) in [5, 5.41) is 1.01. The van der Waals surface area contributed by atoms with E-state index < -0.39 is 0 Å². The summed E-state index contributed by atoms with van der Waals surface area (Å²) in [6.45, 7) is 2.75. The van der Waals surface area contributed by atoms with E-state index >= 15 is 0 Å². The van der Waals surface area contributed by atoms with Crippen molar-refractivity contribution in [2.75, 3.05) is 12.4 Å². The smallest absolute Gasteiger partial charge is 0.172 e. The molecular weight excluding hydrogens is 268 g/mol. The Kier molecular flexibility index (Phi) is 3.92. The fourth-order valence-corrected chi connectivity index (χ4v) is 2.73. The van der Waals surface area contributed by atoms with Crippen LogP contribution in [0.3, 0.4) is 0 Å². The normalized spacial score (nSPS) is 10.8. The average molecular weight is 284 g/mol. The van der Waals surface area contributed by atoms with Gasteiger partial charge in [0.2, 0.25) is 0 Å². The van der Waals surface area contributed by atoms with E-state index in [1.54, 1.807) is 11.8 Å². The Labute approximate surface area is 122 Å². The maximum Gasteiger partial charge on any atom is 0.172 e. The van der Waals surface area contributed by atoms with Crippen LogP contribution in [0.15, 0.2) is 60.0 Å². The first-order chi connectivity index (χ1) is 9.83. The molecule has 0 saturated heterocycles. The third-order valence-electron chi connectivity index (χ3n) is 3.01. The van der Waals surface area contributed by atoms with Gasteiger partial charge in [-0.25, -0.2) is 4.98 Å². The van der Waals surface area contributed by atoms with Gasteiger partial charge >= 0.3 is 0 Å². The van der Waals surface area contributed by atoms with Crippen molar-refractivity contribution in [3.8, 4) is 5.75 Å². The van der Waals surface area contributed by atoms with Crippen molar-refractivity contribution in [1.82, 2.24) is 9.38 Å². The second-order valence-corrected chi connectivity index (χ2v) is 5.61. The van der Waals surface area contributed by atoms with Gasteiger partial charge in [0, 0.05) is 11.9 Å². The predicted molar refractivity (Wildman–Crippen MR) is 82.6 cm³/mol. The third kappa shape index (κ3) is 2.96. The molecule has 0 N–H and O–H groups in total. The third-order valence-corrected chi connectivity index (χ3v) is 3.94. The van der Waals surface area contributed by atoms with Gasteiger partial charge in [-0.1, -0.05) is 35.5 Å². The Morgan fingerprint density at radius 1 is 1.15 bits per heavy atom. The first-order valence-electron chi connectivity index (χ1n) is 6.57. The Balaban J connectivity index is 1.54. The highest BCUT2D eigenvalue weighted by Gasteiger charge is 2.03. The molecule has 3 rings (SSSR count). The van der Waals surface area contributed by atoms with E-state index in [1.165, 1.54) is 5.56 Å². The number of thioether (sulfide) groups is 1. The SMILES string of the molecule is Cc1ccc(OCCSc2ncc3ccccn23)cc1. The van der Waals surface area contributed by atoms with E-state index in [2.05, 4.69) is 34.5 Å². The highest BCUT2D eigenvalue weighted by molar-refractivity contribution is 7.99. The molecule has 0 aliphatic carbocycles. The number of nitrogens with zero attached hydrogens (tertiary/aromatic N) is 2. The minimum Gasteiger partial charge on any atom is -0.493 e. The lowest BCUT2D eigenvalue weighted by Gasteiger charge is -2.06. The molecule has 3 nitrogen and oxygen atoms in total. The van der Waals surface area contributed by atoms with Crippen LogP contribution in [0.25, 0.3) is 5.52 Å². The summed E-state index contributed by atoms with van der Waals surface area (Å²) in [6, 6.07) is 14.2. The van der Waals surface area contributed by atoms with Gasteiger partial charge in [-0.2, -0.15) is 0 Å². The molecule has 20 heavy (non-hydrogen) atoms. The van der Waals surface area contributed by atoms with E-state index in [9.17, 15) is 0 Å². The van der Waals surface area contributed by atoms with Gasteiger partial charge in [-0.15, -0.1) is 0 Å². The molecule has 0 spiro atoms. The van der Waals surface area contributed by atoms with Crippen LogP contribution < -0.4 is 4.74 Å². The van der Waals surface area contributed by atoms with Crippen molar-refractivity contribution < 1.29 is 4.74 Å². The minimum atomic E-state index is 0.676. The molecule has 1 aromatic carbocycles. The van der Waals surface area contributed by atoms with Crippen LogP contribution in [0.4, 0.5) is 0 Å². The highest BCUT2D eigenvalue weighted by Crippen LogP contribution is 2.18. The predicted octanol–water partition coefficient (Wildman–Crippen LogP) is 3.81. The van der Waals surface area contributed by atoms with Crippen molar-refractivity contribution in [2.45, 2.75) is 12.1 Å².